The number of nitrogens with one attached hydrogen (secondary N) is 1. The van der Waals surface area contributed by atoms with Gasteiger partial charge in [0, 0.05) is 12.8 Å². The van der Waals surface area contributed by atoms with Crippen LogP contribution in [0.2, 0.25) is 0 Å². The number of ether oxygens (including phenoxy) is 2. The maximum atomic E-state index is 11.5. The molecule has 0 bridgehead atoms. The summed E-state index contributed by atoms with van der Waals surface area (Å²) in [6.07, 6.45) is 2.83. The van der Waals surface area contributed by atoms with Crippen LogP contribution < -0.4 is 40.9 Å². The normalized spacial score (nSPS) is 25.5. The van der Waals surface area contributed by atoms with E-state index in [2.05, 4.69) is 29.9 Å². The number of hydrogen-bond acceptors (Lipinski definition) is 16. The van der Waals surface area contributed by atoms with Crippen molar-refractivity contribution in [1.82, 2.24) is 39.0 Å². The summed E-state index contributed by atoms with van der Waals surface area (Å²) in [5.74, 6) is 0.302. The minimum atomic E-state index is -0.737. The number of hydrogen-bond donors (Lipinski definition) is 6. The van der Waals surface area contributed by atoms with Gasteiger partial charge < -0.3 is 50.7 Å². The van der Waals surface area contributed by atoms with Gasteiger partial charge in [-0.05, 0) is 0 Å². The van der Waals surface area contributed by atoms with Crippen molar-refractivity contribution in [2.75, 3.05) is 18.9 Å². The molecule has 6 unspecified atom stereocenters. The third-order valence-electron chi connectivity index (χ3n) is 6.14. The number of rotatable bonds is 4. The Hall–Kier alpha value is -3.14. The number of nitrogen functional groups attached to an aromatic ring is 1. The van der Waals surface area contributed by atoms with Gasteiger partial charge in [-0.2, -0.15) is 0 Å². The maximum absolute atomic E-state index is 11.5. The van der Waals surface area contributed by atoms with E-state index in [-0.39, 0.29) is 53.8 Å². The van der Waals surface area contributed by atoms with Crippen LogP contribution >= 0.6 is 0 Å². The molecular formula is C20H25N10NaO9. The summed E-state index contributed by atoms with van der Waals surface area (Å²) in [6.45, 7) is -0.472. The van der Waals surface area contributed by atoms with Gasteiger partial charge in [0.1, 0.15) is 36.5 Å². The van der Waals surface area contributed by atoms with E-state index in [4.69, 9.17) is 35.5 Å². The van der Waals surface area contributed by atoms with Gasteiger partial charge in [0.25, 0.3) is 5.56 Å². The largest absolute Gasteiger partial charge is 1.00 e. The standard InChI is InChI=1S/C10H13N5O3.C10H12N4O4.HNO2.Na/c11-9-8-10(13-3-12-9)15(4-14-8)7-1-5(17)6(2-16)18-7;15-2-6-5(16)1-7(18-6)14-4-13-8-9(14)11-3-12-10(8)17;2-1-3;/h3-7,16-17H,1-2H2,(H2,11,12,13);3-7,15-16H,1-2H2,(H,11,12,17);(H,2,3);/q;;;+1/p-1. The Labute approximate surface area is 245 Å². The molecule has 2 fully saturated rings. The summed E-state index contributed by atoms with van der Waals surface area (Å²) in [5.41, 5.74) is 7.05. The Bertz CT molecular complexity index is 1470. The van der Waals surface area contributed by atoms with E-state index in [0.29, 0.717) is 35.5 Å². The van der Waals surface area contributed by atoms with Gasteiger partial charge in [0.2, 0.25) is 0 Å². The second kappa shape index (κ2) is 14.0. The molecule has 7 N–H and O–H groups in total. The third-order valence-corrected chi connectivity index (χ3v) is 6.14. The Kier molecular flexibility index (Phi) is 11.0. The van der Waals surface area contributed by atoms with Gasteiger partial charge in [-0.1, -0.05) is 0 Å². The zero-order valence-corrected chi connectivity index (χ0v) is 23.1. The first-order valence-corrected chi connectivity index (χ1v) is 11.5. The monoisotopic (exact) mass is 572 g/mol. The number of nitrogens with zero attached hydrogens (tertiary/aromatic N) is 8. The number of imidazole rings is 2. The summed E-state index contributed by atoms with van der Waals surface area (Å²) in [5, 5.41) is 46.5. The molecule has 0 radical (unpaired) electrons. The van der Waals surface area contributed by atoms with E-state index >= 15 is 0 Å². The Balaban J connectivity index is 0.000000197. The van der Waals surface area contributed by atoms with Crippen molar-refractivity contribution in [3.63, 3.8) is 0 Å². The summed E-state index contributed by atoms with van der Waals surface area (Å²) in [6, 6.07) is 0. The van der Waals surface area contributed by atoms with E-state index in [9.17, 15) is 15.0 Å². The Morgan fingerprint density at radius 1 is 0.950 bits per heavy atom. The number of aromatic amines is 1. The van der Waals surface area contributed by atoms with Crippen LogP contribution in [0.3, 0.4) is 0 Å². The van der Waals surface area contributed by atoms with Gasteiger partial charge in [0.05, 0.1) is 44.4 Å². The summed E-state index contributed by atoms with van der Waals surface area (Å²) >= 11 is 0. The smallest absolute Gasteiger partial charge is 0.444 e. The zero-order valence-electron chi connectivity index (χ0n) is 21.1. The second-order valence-corrected chi connectivity index (χ2v) is 8.44. The van der Waals surface area contributed by atoms with Crippen LogP contribution in [0.4, 0.5) is 5.82 Å². The van der Waals surface area contributed by atoms with Gasteiger partial charge in [0.15, 0.2) is 22.6 Å². The average Bonchev–Trinajstić information content (AvgIpc) is 3.70. The van der Waals surface area contributed by atoms with Crippen molar-refractivity contribution < 1.29 is 59.5 Å². The first kappa shape index (κ1) is 31.4. The first-order chi connectivity index (χ1) is 18.8. The molecule has 19 nitrogen and oxygen atoms in total. The van der Waals surface area contributed by atoms with E-state index in [1.54, 1.807) is 15.5 Å². The molecule has 0 amide bonds. The molecule has 2 aliphatic heterocycles. The van der Waals surface area contributed by atoms with Crippen molar-refractivity contribution in [2.24, 2.45) is 5.34 Å². The van der Waals surface area contributed by atoms with Crippen LogP contribution in [0.5, 0.6) is 0 Å². The third kappa shape index (κ3) is 6.43. The van der Waals surface area contributed by atoms with Crippen molar-refractivity contribution >= 4 is 28.1 Å². The molecule has 0 aromatic carbocycles. The van der Waals surface area contributed by atoms with E-state index in [1.165, 1.54) is 19.0 Å². The molecule has 4 aromatic rings. The van der Waals surface area contributed by atoms with Gasteiger partial charge in [-0.25, -0.2) is 24.9 Å². The van der Waals surface area contributed by atoms with Crippen molar-refractivity contribution in [1.29, 1.82) is 0 Å². The van der Waals surface area contributed by atoms with Gasteiger partial charge in [-0.15, -0.1) is 5.34 Å². The molecule has 0 aliphatic carbocycles. The van der Waals surface area contributed by atoms with Gasteiger partial charge >= 0.3 is 29.6 Å². The number of aliphatic hydroxyl groups is 4. The number of fused-ring (bicyclic) bond motifs is 2. The molecular weight excluding hydrogens is 547 g/mol. The fourth-order valence-corrected chi connectivity index (χ4v) is 4.25. The van der Waals surface area contributed by atoms with Gasteiger partial charge in [-0.3, -0.25) is 13.9 Å². The van der Waals surface area contributed by atoms with Crippen LogP contribution in [0.1, 0.15) is 25.3 Å². The number of H-pyrrole nitrogens is 1. The SMILES string of the molecule is Nc1ncnc2c1ncn2C1CC(O)C(CO)O1.O=N[O-].O=c1[nH]cnc2c1ncn2C1CC(O)C(CO)O1.[Na+]. The molecule has 0 spiro atoms. The minimum absolute atomic E-state index is 0. The number of nitrogens with two attached hydrogens (primary N) is 1. The fraction of sp³-hybridized carbons (Fsp3) is 0.500. The minimum Gasteiger partial charge on any atom is -0.444 e. The molecule has 6 rings (SSSR count). The summed E-state index contributed by atoms with van der Waals surface area (Å²) in [4.78, 5) is 42.0. The van der Waals surface area contributed by atoms with Crippen molar-refractivity contribution in [3.05, 3.63) is 45.8 Å². The van der Waals surface area contributed by atoms with Crippen LogP contribution in [0, 0.1) is 10.1 Å². The molecule has 6 atom stereocenters. The molecule has 20 heteroatoms. The first-order valence-electron chi connectivity index (χ1n) is 11.5. The molecule has 2 saturated heterocycles. The zero-order chi connectivity index (χ0) is 28.1. The maximum Gasteiger partial charge on any atom is 1.00 e. The second-order valence-electron chi connectivity index (χ2n) is 8.44. The molecule has 40 heavy (non-hydrogen) atoms. The molecule has 210 valence electrons. The topological polar surface area (TPSA) is 285 Å². The number of anilines is 1. The van der Waals surface area contributed by atoms with Crippen molar-refractivity contribution in [3.8, 4) is 0 Å². The van der Waals surface area contributed by atoms with Crippen LogP contribution in [-0.4, -0.2) is 97.1 Å². The number of aliphatic hydroxyl groups excluding tert-OH is 4. The predicted molar refractivity (Wildman–Crippen MR) is 130 cm³/mol. The van der Waals surface area contributed by atoms with Crippen molar-refractivity contribution in [2.45, 2.75) is 49.7 Å². The van der Waals surface area contributed by atoms with E-state index in [0.717, 1.165) is 5.34 Å². The molecule has 4 aromatic heterocycles. The Morgan fingerprint density at radius 3 is 1.95 bits per heavy atom. The molecule has 2 aliphatic rings. The van der Waals surface area contributed by atoms with E-state index < -0.39 is 36.9 Å². The Morgan fingerprint density at radius 2 is 1.45 bits per heavy atom. The van der Waals surface area contributed by atoms with E-state index in [1.807, 2.05) is 0 Å². The average molecular weight is 572 g/mol. The van der Waals surface area contributed by atoms with Crippen LogP contribution in [0.25, 0.3) is 22.3 Å². The quantitative estimate of drug-likeness (QED) is 0.0758. The summed E-state index contributed by atoms with van der Waals surface area (Å²) < 4.78 is 14.3. The van der Waals surface area contributed by atoms with Crippen LogP contribution in [-0.2, 0) is 9.47 Å². The van der Waals surface area contributed by atoms with Crippen LogP contribution in [0.15, 0.2) is 35.4 Å². The summed E-state index contributed by atoms with van der Waals surface area (Å²) in [7, 11) is 0. The fourth-order valence-electron chi connectivity index (χ4n) is 4.25. The predicted octanol–water partition coefficient (Wildman–Crippen LogP) is -4.94. The molecule has 0 saturated carbocycles. The number of aromatic nitrogens is 8. The molecule has 6 heterocycles.